The molecule has 3 heterocycles. The Hall–Kier alpha value is -1.16. The number of guanidine groups is 1. The maximum Gasteiger partial charge on any atom is 0.193 e. The quantitative estimate of drug-likeness (QED) is 0.412. The third kappa shape index (κ3) is 5.40. The van der Waals surface area contributed by atoms with Crippen LogP contribution in [-0.4, -0.2) is 46.3 Å². The first-order chi connectivity index (χ1) is 11.8. The van der Waals surface area contributed by atoms with Gasteiger partial charge in [-0.25, -0.2) is 0 Å². The molecule has 8 heteroatoms. The van der Waals surface area contributed by atoms with E-state index in [2.05, 4.69) is 54.5 Å². The Morgan fingerprint density at radius 2 is 2.24 bits per heavy atom. The van der Waals surface area contributed by atoms with Crippen molar-refractivity contribution in [3.8, 4) is 0 Å². The molecule has 0 aliphatic carbocycles. The van der Waals surface area contributed by atoms with Crippen molar-refractivity contribution in [1.82, 2.24) is 25.0 Å². The Morgan fingerprint density at radius 1 is 1.36 bits per heavy atom. The standard InChI is InChI=1S/C17H26N6S.HI/c1-18-17(22(2)11-9-14-7-6-12-24-14)19-13-16-21-20-15-8-4-3-5-10-23(15)16;/h6-7,12H,3-5,8-11,13H2,1-2H3,(H,18,19);1H. The number of nitrogens with one attached hydrogen (secondary N) is 1. The number of nitrogens with zero attached hydrogens (tertiary/aromatic N) is 5. The summed E-state index contributed by atoms with van der Waals surface area (Å²) in [5.74, 6) is 3.04. The molecule has 0 fully saturated rings. The van der Waals surface area contributed by atoms with Gasteiger partial charge in [-0.1, -0.05) is 12.5 Å². The molecule has 0 unspecified atom stereocenters. The Balaban J connectivity index is 0.00000225. The van der Waals surface area contributed by atoms with Crippen molar-refractivity contribution in [3.63, 3.8) is 0 Å². The fourth-order valence-electron chi connectivity index (χ4n) is 3.06. The summed E-state index contributed by atoms with van der Waals surface area (Å²) in [6.45, 7) is 2.65. The number of aromatic nitrogens is 3. The monoisotopic (exact) mass is 474 g/mol. The van der Waals surface area contributed by atoms with Crippen LogP contribution >= 0.6 is 35.3 Å². The number of likely N-dealkylation sites (N-methyl/N-ethyl adjacent to an activating group) is 1. The average Bonchev–Trinajstić information content (AvgIpc) is 3.18. The number of aliphatic imine (C=N–C) groups is 1. The third-order valence-electron chi connectivity index (χ3n) is 4.44. The van der Waals surface area contributed by atoms with Gasteiger partial charge in [0, 0.05) is 38.5 Å². The van der Waals surface area contributed by atoms with E-state index in [0.717, 1.165) is 43.5 Å². The fourth-order valence-corrected chi connectivity index (χ4v) is 3.76. The normalized spacial score (nSPS) is 14.4. The van der Waals surface area contributed by atoms with Crippen molar-refractivity contribution in [2.75, 3.05) is 20.6 Å². The lowest BCUT2D eigenvalue weighted by Crippen LogP contribution is -2.40. The summed E-state index contributed by atoms with van der Waals surface area (Å²) in [6, 6.07) is 4.28. The minimum absolute atomic E-state index is 0. The smallest absolute Gasteiger partial charge is 0.193 e. The molecule has 0 bridgehead atoms. The third-order valence-corrected chi connectivity index (χ3v) is 5.37. The molecule has 25 heavy (non-hydrogen) atoms. The zero-order chi connectivity index (χ0) is 16.8. The largest absolute Gasteiger partial charge is 0.349 e. The van der Waals surface area contributed by atoms with E-state index in [-0.39, 0.29) is 24.0 Å². The molecule has 6 nitrogen and oxygen atoms in total. The summed E-state index contributed by atoms with van der Waals surface area (Å²) in [6.07, 6.45) is 5.80. The molecular formula is C17H27IN6S. The van der Waals surface area contributed by atoms with E-state index in [9.17, 15) is 0 Å². The predicted octanol–water partition coefficient (Wildman–Crippen LogP) is 2.93. The summed E-state index contributed by atoms with van der Waals surface area (Å²) in [4.78, 5) is 7.96. The second-order valence-corrected chi connectivity index (χ2v) is 7.18. The van der Waals surface area contributed by atoms with E-state index in [1.54, 1.807) is 11.3 Å². The van der Waals surface area contributed by atoms with E-state index >= 15 is 0 Å². The van der Waals surface area contributed by atoms with Gasteiger partial charge in [-0.05, 0) is 30.7 Å². The van der Waals surface area contributed by atoms with Crippen molar-refractivity contribution in [3.05, 3.63) is 34.0 Å². The van der Waals surface area contributed by atoms with Gasteiger partial charge in [-0.3, -0.25) is 4.99 Å². The molecule has 1 aliphatic rings. The molecule has 0 amide bonds. The van der Waals surface area contributed by atoms with E-state index in [4.69, 9.17) is 0 Å². The van der Waals surface area contributed by atoms with Gasteiger partial charge in [-0.2, -0.15) is 0 Å². The van der Waals surface area contributed by atoms with Gasteiger partial charge < -0.3 is 14.8 Å². The van der Waals surface area contributed by atoms with Crippen molar-refractivity contribution >= 4 is 41.3 Å². The number of aryl methyl sites for hydroxylation is 1. The molecule has 2 aromatic heterocycles. The number of hydrogen-bond donors (Lipinski definition) is 1. The van der Waals surface area contributed by atoms with Crippen LogP contribution in [0.2, 0.25) is 0 Å². The number of hydrogen-bond acceptors (Lipinski definition) is 4. The highest BCUT2D eigenvalue weighted by Gasteiger charge is 2.15. The first-order valence-electron chi connectivity index (χ1n) is 8.63. The summed E-state index contributed by atoms with van der Waals surface area (Å²) in [7, 11) is 3.90. The van der Waals surface area contributed by atoms with Gasteiger partial charge in [-0.15, -0.1) is 45.5 Å². The molecule has 0 spiro atoms. The van der Waals surface area contributed by atoms with Gasteiger partial charge >= 0.3 is 0 Å². The van der Waals surface area contributed by atoms with E-state index in [0.29, 0.717) is 6.54 Å². The second-order valence-electron chi connectivity index (χ2n) is 6.15. The summed E-state index contributed by atoms with van der Waals surface area (Å²) < 4.78 is 2.28. The lowest BCUT2D eigenvalue weighted by molar-refractivity contribution is 0.482. The number of halogens is 1. The maximum absolute atomic E-state index is 4.40. The van der Waals surface area contributed by atoms with Crippen LogP contribution in [0.4, 0.5) is 0 Å². The second kappa shape index (κ2) is 10.1. The van der Waals surface area contributed by atoms with E-state index in [1.165, 1.54) is 24.1 Å². The SMILES string of the molecule is CN=C(NCc1nnc2n1CCCCC2)N(C)CCc1cccs1.I. The molecule has 0 atom stereocenters. The lowest BCUT2D eigenvalue weighted by atomic mass is 10.2. The van der Waals surface area contributed by atoms with Crippen LogP contribution in [0.1, 0.15) is 35.8 Å². The number of rotatable bonds is 5. The molecule has 1 N–H and O–H groups in total. The van der Waals surface area contributed by atoms with Crippen molar-refractivity contribution in [2.45, 2.75) is 45.2 Å². The van der Waals surface area contributed by atoms with Crippen LogP contribution in [0.15, 0.2) is 22.5 Å². The minimum atomic E-state index is 0. The molecular weight excluding hydrogens is 447 g/mol. The zero-order valence-corrected chi connectivity index (χ0v) is 18.1. The van der Waals surface area contributed by atoms with Crippen LogP contribution in [0.3, 0.4) is 0 Å². The molecule has 2 aromatic rings. The molecule has 3 rings (SSSR count). The molecule has 0 aromatic carbocycles. The Labute approximate surface area is 170 Å². The first kappa shape index (κ1) is 20.2. The van der Waals surface area contributed by atoms with Gasteiger partial charge in [0.1, 0.15) is 5.82 Å². The Bertz CT molecular complexity index is 667. The van der Waals surface area contributed by atoms with Gasteiger partial charge in [0.05, 0.1) is 6.54 Å². The zero-order valence-electron chi connectivity index (χ0n) is 14.9. The van der Waals surface area contributed by atoms with E-state index in [1.807, 2.05) is 7.05 Å². The maximum atomic E-state index is 4.40. The topological polar surface area (TPSA) is 58.3 Å². The highest BCUT2D eigenvalue weighted by Crippen LogP contribution is 2.14. The van der Waals surface area contributed by atoms with Gasteiger partial charge in [0.25, 0.3) is 0 Å². The summed E-state index contributed by atoms with van der Waals surface area (Å²) >= 11 is 1.80. The van der Waals surface area contributed by atoms with Crippen LogP contribution in [0.5, 0.6) is 0 Å². The number of fused-ring (bicyclic) bond motifs is 1. The molecule has 138 valence electrons. The first-order valence-corrected chi connectivity index (χ1v) is 9.51. The molecule has 0 radical (unpaired) electrons. The van der Waals surface area contributed by atoms with Crippen LogP contribution in [-0.2, 0) is 25.9 Å². The van der Waals surface area contributed by atoms with Crippen LogP contribution in [0, 0.1) is 0 Å². The van der Waals surface area contributed by atoms with E-state index < -0.39 is 0 Å². The Kier molecular flexibility index (Phi) is 8.14. The number of thiophene rings is 1. The highest BCUT2D eigenvalue weighted by atomic mass is 127. The highest BCUT2D eigenvalue weighted by molar-refractivity contribution is 14.0. The average molecular weight is 474 g/mol. The van der Waals surface area contributed by atoms with Crippen molar-refractivity contribution < 1.29 is 0 Å². The van der Waals surface area contributed by atoms with Crippen LogP contribution in [0.25, 0.3) is 0 Å². The molecule has 1 aliphatic heterocycles. The van der Waals surface area contributed by atoms with Crippen LogP contribution < -0.4 is 5.32 Å². The van der Waals surface area contributed by atoms with Gasteiger partial charge in [0.2, 0.25) is 0 Å². The summed E-state index contributed by atoms with van der Waals surface area (Å²) in [5, 5.41) is 14.3. The lowest BCUT2D eigenvalue weighted by Gasteiger charge is -2.21. The summed E-state index contributed by atoms with van der Waals surface area (Å²) in [5.41, 5.74) is 0. The van der Waals surface area contributed by atoms with Crippen molar-refractivity contribution in [1.29, 1.82) is 0 Å². The fraction of sp³-hybridized carbons (Fsp3) is 0.588. The predicted molar refractivity (Wildman–Crippen MR) is 114 cm³/mol. The Morgan fingerprint density at radius 3 is 3.00 bits per heavy atom. The van der Waals surface area contributed by atoms with Crippen molar-refractivity contribution in [2.24, 2.45) is 4.99 Å². The molecule has 0 saturated heterocycles. The van der Waals surface area contributed by atoms with Gasteiger partial charge in [0.15, 0.2) is 11.8 Å². The minimum Gasteiger partial charge on any atom is -0.349 e. The molecule has 0 saturated carbocycles.